The highest BCUT2D eigenvalue weighted by Gasteiger charge is 2.30. The molecule has 0 spiro atoms. The Morgan fingerprint density at radius 1 is 1.06 bits per heavy atom. The zero-order chi connectivity index (χ0) is 22.1. The summed E-state index contributed by atoms with van der Waals surface area (Å²) in [5.74, 6) is -0.470. The molecule has 0 saturated carbocycles. The topological polar surface area (TPSA) is 87.0 Å². The second-order valence-corrected chi connectivity index (χ2v) is 7.79. The third-order valence-corrected chi connectivity index (χ3v) is 5.55. The second-order valence-electron chi connectivity index (χ2n) is 7.79. The number of aliphatic carboxylic acids is 1. The lowest BCUT2D eigenvalue weighted by atomic mass is 10.1. The smallest absolute Gasteiger partial charge is 0.307 e. The van der Waals surface area contributed by atoms with Gasteiger partial charge in [-0.15, -0.1) is 0 Å². The van der Waals surface area contributed by atoms with E-state index >= 15 is 0 Å². The number of nitrogens with zero attached hydrogens (tertiary/aromatic N) is 1. The highest BCUT2D eigenvalue weighted by molar-refractivity contribution is 6.04. The van der Waals surface area contributed by atoms with Crippen molar-refractivity contribution >= 4 is 22.8 Å². The maximum atomic E-state index is 13.2. The quantitative estimate of drug-likeness (QED) is 0.649. The Labute approximate surface area is 180 Å². The lowest BCUT2D eigenvalue weighted by Crippen LogP contribution is -2.19. The van der Waals surface area contributed by atoms with E-state index in [4.69, 9.17) is 19.3 Å². The Morgan fingerprint density at radius 3 is 2.39 bits per heavy atom. The molecule has 3 aromatic rings. The summed E-state index contributed by atoms with van der Waals surface area (Å²) in [5, 5.41) is 9.93. The monoisotopic (exact) mass is 423 g/mol. The van der Waals surface area contributed by atoms with E-state index in [-0.39, 0.29) is 31.1 Å². The number of carboxylic acid groups (broad SMARTS) is 1. The van der Waals surface area contributed by atoms with Gasteiger partial charge in [-0.25, -0.2) is 0 Å². The van der Waals surface area contributed by atoms with Crippen molar-refractivity contribution in [3.05, 3.63) is 65.4 Å². The van der Waals surface area contributed by atoms with Crippen LogP contribution in [0, 0.1) is 6.92 Å². The van der Waals surface area contributed by atoms with Gasteiger partial charge in [-0.2, -0.15) is 0 Å². The molecular weight excluding hydrogens is 398 g/mol. The third kappa shape index (κ3) is 4.33. The molecule has 31 heavy (non-hydrogen) atoms. The molecule has 1 aliphatic heterocycles. The fourth-order valence-electron chi connectivity index (χ4n) is 3.81. The highest BCUT2D eigenvalue weighted by Crippen LogP contribution is 2.26. The van der Waals surface area contributed by atoms with E-state index < -0.39 is 12.3 Å². The van der Waals surface area contributed by atoms with E-state index in [0.717, 1.165) is 11.1 Å². The SMILES string of the molecule is Cc1cc2c(CC(=O)O)cccc2n1C(=O)c1ccc(OCC2OC(C)C(C)O2)cc1. The molecule has 0 bridgehead atoms. The van der Waals surface area contributed by atoms with E-state index in [1.165, 1.54) is 0 Å². The normalized spacial score (nSPS) is 20.8. The Hall–Kier alpha value is -3.16. The molecular formula is C24H25NO6. The van der Waals surface area contributed by atoms with Crippen LogP contribution in [0.25, 0.3) is 10.9 Å². The van der Waals surface area contributed by atoms with Crippen LogP contribution >= 0.6 is 0 Å². The van der Waals surface area contributed by atoms with Gasteiger partial charge in [0.15, 0.2) is 6.29 Å². The van der Waals surface area contributed by atoms with Crippen LogP contribution in [-0.4, -0.2) is 46.7 Å². The van der Waals surface area contributed by atoms with Gasteiger partial charge in [-0.3, -0.25) is 14.2 Å². The largest absolute Gasteiger partial charge is 0.488 e. The lowest BCUT2D eigenvalue weighted by Gasteiger charge is -2.12. The minimum Gasteiger partial charge on any atom is -0.488 e. The number of carbonyl (C=O) groups is 2. The first-order valence-corrected chi connectivity index (χ1v) is 10.2. The van der Waals surface area contributed by atoms with Crippen molar-refractivity contribution in [3.8, 4) is 5.75 Å². The van der Waals surface area contributed by atoms with Crippen molar-refractivity contribution in [2.45, 2.75) is 45.7 Å². The van der Waals surface area contributed by atoms with Crippen LogP contribution in [-0.2, 0) is 20.7 Å². The fraction of sp³-hybridized carbons (Fsp3) is 0.333. The molecule has 1 N–H and O–H groups in total. The molecule has 0 radical (unpaired) electrons. The zero-order valence-electron chi connectivity index (χ0n) is 17.7. The van der Waals surface area contributed by atoms with Gasteiger partial charge < -0.3 is 19.3 Å². The van der Waals surface area contributed by atoms with Crippen LogP contribution in [0.4, 0.5) is 0 Å². The molecule has 4 rings (SSSR count). The molecule has 1 aromatic heterocycles. The van der Waals surface area contributed by atoms with E-state index in [1.54, 1.807) is 41.0 Å². The van der Waals surface area contributed by atoms with Crippen molar-refractivity contribution < 1.29 is 28.9 Å². The second kappa shape index (κ2) is 8.53. The molecule has 0 aliphatic carbocycles. The van der Waals surface area contributed by atoms with Gasteiger partial charge in [0, 0.05) is 16.6 Å². The van der Waals surface area contributed by atoms with Crippen molar-refractivity contribution in [1.82, 2.24) is 4.57 Å². The summed E-state index contributed by atoms with van der Waals surface area (Å²) in [7, 11) is 0. The minimum atomic E-state index is -0.905. The molecule has 1 aliphatic rings. The molecule has 2 atom stereocenters. The number of benzene rings is 2. The van der Waals surface area contributed by atoms with Crippen LogP contribution in [0.15, 0.2) is 48.5 Å². The van der Waals surface area contributed by atoms with E-state index in [2.05, 4.69) is 0 Å². The number of carbonyl (C=O) groups excluding carboxylic acids is 1. The van der Waals surface area contributed by atoms with Gasteiger partial charge in [0.1, 0.15) is 12.4 Å². The number of fused-ring (bicyclic) bond motifs is 1. The third-order valence-electron chi connectivity index (χ3n) is 5.55. The summed E-state index contributed by atoms with van der Waals surface area (Å²) in [6.45, 7) is 6.03. The van der Waals surface area contributed by atoms with Gasteiger partial charge in [0.2, 0.25) is 0 Å². The van der Waals surface area contributed by atoms with Crippen LogP contribution in [0.1, 0.15) is 35.5 Å². The Balaban J connectivity index is 1.51. The van der Waals surface area contributed by atoms with Gasteiger partial charge in [-0.1, -0.05) is 12.1 Å². The number of carboxylic acids is 1. The first-order valence-electron chi connectivity index (χ1n) is 10.2. The number of hydrogen-bond donors (Lipinski definition) is 1. The van der Waals surface area contributed by atoms with E-state index in [9.17, 15) is 9.59 Å². The molecule has 2 heterocycles. The van der Waals surface area contributed by atoms with Crippen LogP contribution in [0.2, 0.25) is 0 Å². The Bertz CT molecular complexity index is 1110. The summed E-state index contributed by atoms with van der Waals surface area (Å²) >= 11 is 0. The molecule has 162 valence electrons. The van der Waals surface area contributed by atoms with Gasteiger partial charge in [-0.05, 0) is 62.7 Å². The van der Waals surface area contributed by atoms with Gasteiger partial charge in [0.05, 0.1) is 24.1 Å². The molecule has 7 nitrogen and oxygen atoms in total. The molecule has 1 saturated heterocycles. The van der Waals surface area contributed by atoms with Gasteiger partial charge in [0.25, 0.3) is 5.91 Å². The maximum Gasteiger partial charge on any atom is 0.307 e. The zero-order valence-corrected chi connectivity index (χ0v) is 17.7. The Morgan fingerprint density at radius 2 is 1.74 bits per heavy atom. The number of aryl methyl sites for hydroxylation is 1. The maximum absolute atomic E-state index is 13.2. The van der Waals surface area contributed by atoms with Gasteiger partial charge >= 0.3 is 5.97 Å². The predicted molar refractivity (Wildman–Crippen MR) is 115 cm³/mol. The molecule has 2 unspecified atom stereocenters. The lowest BCUT2D eigenvalue weighted by molar-refractivity contribution is -0.136. The summed E-state index contributed by atoms with van der Waals surface area (Å²) < 4.78 is 18.7. The van der Waals surface area contributed by atoms with Crippen LogP contribution in [0.5, 0.6) is 5.75 Å². The van der Waals surface area contributed by atoms with E-state index in [0.29, 0.717) is 22.4 Å². The highest BCUT2D eigenvalue weighted by atomic mass is 16.7. The number of ether oxygens (including phenoxy) is 3. The summed E-state index contributed by atoms with van der Waals surface area (Å²) in [6, 6.07) is 14.1. The van der Waals surface area contributed by atoms with Crippen molar-refractivity contribution in [2.24, 2.45) is 0 Å². The number of hydrogen-bond acceptors (Lipinski definition) is 5. The standard InChI is InChI=1S/C24H25NO6/c1-14-11-20-18(12-22(26)27)5-4-6-21(20)25(14)24(28)17-7-9-19(10-8-17)29-13-23-30-15(2)16(3)31-23/h4-11,15-16,23H,12-13H2,1-3H3,(H,26,27). The summed E-state index contributed by atoms with van der Waals surface area (Å²) in [5.41, 5.74) is 2.63. The summed E-state index contributed by atoms with van der Waals surface area (Å²) in [4.78, 5) is 24.4. The average Bonchev–Trinajstić information content (AvgIpc) is 3.24. The summed E-state index contributed by atoms with van der Waals surface area (Å²) in [6.07, 6.45) is -0.429. The Kier molecular flexibility index (Phi) is 5.80. The molecule has 0 amide bonds. The first kappa shape index (κ1) is 21.1. The van der Waals surface area contributed by atoms with Crippen molar-refractivity contribution in [2.75, 3.05) is 6.61 Å². The predicted octanol–water partition coefficient (Wildman–Crippen LogP) is 3.79. The minimum absolute atomic E-state index is 0.0317. The van der Waals surface area contributed by atoms with Crippen LogP contribution in [0.3, 0.4) is 0 Å². The number of aromatic nitrogens is 1. The first-order chi connectivity index (χ1) is 14.8. The number of rotatable bonds is 6. The van der Waals surface area contributed by atoms with E-state index in [1.807, 2.05) is 32.9 Å². The molecule has 1 fully saturated rings. The van der Waals surface area contributed by atoms with Crippen LogP contribution < -0.4 is 4.74 Å². The fourth-order valence-corrected chi connectivity index (χ4v) is 3.81. The molecule has 7 heteroatoms. The molecule has 2 aromatic carbocycles. The average molecular weight is 423 g/mol. The van der Waals surface area contributed by atoms with Crippen molar-refractivity contribution in [3.63, 3.8) is 0 Å². The van der Waals surface area contributed by atoms with Crippen molar-refractivity contribution in [1.29, 1.82) is 0 Å².